The molecule has 0 aromatic heterocycles. The molecule has 8 nitrogen and oxygen atoms in total. The number of hydrogen-bond donors (Lipinski definition) is 0. The van der Waals surface area contributed by atoms with Crippen LogP contribution in [0, 0.1) is 0 Å². The Balaban J connectivity index is 1.84. The zero-order valence-corrected chi connectivity index (χ0v) is 13.8. The van der Waals surface area contributed by atoms with Crippen LogP contribution >= 0.6 is 0 Å². The molecule has 0 radical (unpaired) electrons. The molecule has 0 bridgehead atoms. The summed E-state index contributed by atoms with van der Waals surface area (Å²) < 4.78 is 37.5. The summed E-state index contributed by atoms with van der Waals surface area (Å²) in [4.78, 5) is 25.1. The molecular weight excluding hydrogens is 336 g/mol. The molecule has 2 heterocycles. The SMILES string of the molecule is COC(=O)COC(=O)[C@@H]1CCCN1C1=NS(=O)(=O)c2ccccc21. The number of benzene rings is 1. The number of carbonyl (C=O) groups is 2. The highest BCUT2D eigenvalue weighted by Crippen LogP contribution is 2.31. The van der Waals surface area contributed by atoms with Gasteiger partial charge in [-0.3, -0.25) is 0 Å². The average Bonchev–Trinajstić information content (AvgIpc) is 3.15. The van der Waals surface area contributed by atoms with Crippen molar-refractivity contribution in [2.75, 3.05) is 20.3 Å². The van der Waals surface area contributed by atoms with Crippen LogP contribution in [0.3, 0.4) is 0 Å². The van der Waals surface area contributed by atoms with Gasteiger partial charge in [-0.2, -0.15) is 8.42 Å². The van der Waals surface area contributed by atoms with E-state index in [-0.39, 0.29) is 10.7 Å². The van der Waals surface area contributed by atoms with Gasteiger partial charge in [0, 0.05) is 12.1 Å². The molecule has 1 atom stereocenters. The van der Waals surface area contributed by atoms with Crippen LogP contribution in [-0.2, 0) is 29.1 Å². The number of fused-ring (bicyclic) bond motifs is 1. The third-order valence-electron chi connectivity index (χ3n) is 3.97. The Morgan fingerprint density at radius 1 is 1.33 bits per heavy atom. The maximum Gasteiger partial charge on any atom is 0.344 e. The lowest BCUT2D eigenvalue weighted by atomic mass is 10.1. The van der Waals surface area contributed by atoms with Gasteiger partial charge in [0.15, 0.2) is 12.4 Å². The zero-order valence-electron chi connectivity index (χ0n) is 13.0. The van der Waals surface area contributed by atoms with Crippen molar-refractivity contribution in [3.05, 3.63) is 29.8 Å². The fourth-order valence-corrected chi connectivity index (χ4v) is 4.06. The zero-order chi connectivity index (χ0) is 17.3. The fourth-order valence-electron chi connectivity index (χ4n) is 2.85. The van der Waals surface area contributed by atoms with Crippen LogP contribution in [0.25, 0.3) is 0 Å². The van der Waals surface area contributed by atoms with Gasteiger partial charge < -0.3 is 14.4 Å². The van der Waals surface area contributed by atoms with E-state index < -0.39 is 34.6 Å². The Bertz CT molecular complexity index is 817. The molecule has 0 N–H and O–H groups in total. The molecule has 24 heavy (non-hydrogen) atoms. The molecule has 0 aliphatic carbocycles. The van der Waals surface area contributed by atoms with Gasteiger partial charge in [0.25, 0.3) is 10.0 Å². The normalized spacial score (nSPS) is 21.1. The lowest BCUT2D eigenvalue weighted by Crippen LogP contribution is -2.41. The van der Waals surface area contributed by atoms with Crippen molar-refractivity contribution in [3.63, 3.8) is 0 Å². The molecule has 2 aliphatic rings. The number of nitrogens with zero attached hydrogens (tertiary/aromatic N) is 2. The molecular formula is C15H16N2O6S. The van der Waals surface area contributed by atoms with Crippen molar-refractivity contribution in [2.24, 2.45) is 4.40 Å². The number of sulfonamides is 1. The molecule has 1 saturated heterocycles. The Hall–Kier alpha value is -2.42. The van der Waals surface area contributed by atoms with E-state index in [9.17, 15) is 18.0 Å². The van der Waals surface area contributed by atoms with E-state index in [4.69, 9.17) is 4.74 Å². The number of amidine groups is 1. The minimum atomic E-state index is -3.75. The van der Waals surface area contributed by atoms with Crippen LogP contribution in [0.4, 0.5) is 0 Å². The van der Waals surface area contributed by atoms with Crippen molar-refractivity contribution in [1.82, 2.24) is 4.90 Å². The Morgan fingerprint density at radius 3 is 2.83 bits per heavy atom. The van der Waals surface area contributed by atoms with Crippen LogP contribution < -0.4 is 0 Å². The number of esters is 2. The largest absolute Gasteiger partial charge is 0.466 e. The fraction of sp³-hybridized carbons (Fsp3) is 0.400. The quantitative estimate of drug-likeness (QED) is 0.722. The third kappa shape index (κ3) is 2.86. The molecule has 0 saturated carbocycles. The highest BCUT2D eigenvalue weighted by atomic mass is 32.2. The lowest BCUT2D eigenvalue weighted by molar-refractivity contribution is -0.159. The summed E-state index contributed by atoms with van der Waals surface area (Å²) in [5, 5.41) is 0. The topological polar surface area (TPSA) is 102 Å². The molecule has 0 amide bonds. The van der Waals surface area contributed by atoms with E-state index >= 15 is 0 Å². The second-order valence-electron chi connectivity index (χ2n) is 5.42. The number of rotatable bonds is 3. The van der Waals surface area contributed by atoms with E-state index in [1.807, 2.05) is 0 Å². The second-order valence-corrected chi connectivity index (χ2v) is 6.99. The molecule has 2 aliphatic heterocycles. The number of carbonyl (C=O) groups excluding carboxylic acids is 2. The summed E-state index contributed by atoms with van der Waals surface area (Å²) in [6.45, 7) is 0.0156. The average molecular weight is 352 g/mol. The highest BCUT2D eigenvalue weighted by molar-refractivity contribution is 7.90. The molecule has 0 spiro atoms. The van der Waals surface area contributed by atoms with E-state index in [0.29, 0.717) is 24.9 Å². The predicted molar refractivity (Wildman–Crippen MR) is 82.9 cm³/mol. The Labute approximate surface area is 139 Å². The van der Waals surface area contributed by atoms with E-state index in [1.54, 1.807) is 23.1 Å². The standard InChI is InChI=1S/C15H16N2O6S/c1-22-13(18)9-23-15(19)11-6-4-8-17(11)14-10-5-2-3-7-12(10)24(20,21)16-14/h2-3,5,7,11H,4,6,8-9H2,1H3/t11-/m0/s1. The maximum absolute atomic E-state index is 12.2. The summed E-state index contributed by atoms with van der Waals surface area (Å²) >= 11 is 0. The van der Waals surface area contributed by atoms with Gasteiger partial charge in [-0.05, 0) is 25.0 Å². The summed E-state index contributed by atoms with van der Waals surface area (Å²) in [5.74, 6) is -0.996. The highest BCUT2D eigenvalue weighted by Gasteiger charge is 2.40. The summed E-state index contributed by atoms with van der Waals surface area (Å²) in [7, 11) is -2.55. The molecule has 128 valence electrons. The van der Waals surface area contributed by atoms with Crippen LogP contribution in [0.2, 0.25) is 0 Å². The van der Waals surface area contributed by atoms with Crippen molar-refractivity contribution in [3.8, 4) is 0 Å². The second kappa shape index (κ2) is 6.23. The molecule has 9 heteroatoms. The maximum atomic E-state index is 12.2. The van der Waals surface area contributed by atoms with Crippen molar-refractivity contribution < 1.29 is 27.5 Å². The van der Waals surface area contributed by atoms with Gasteiger partial charge in [0.05, 0.1) is 7.11 Å². The first kappa shape index (κ1) is 16.4. The minimum Gasteiger partial charge on any atom is -0.466 e. The molecule has 0 unspecified atom stereocenters. The van der Waals surface area contributed by atoms with Crippen LogP contribution in [0.5, 0.6) is 0 Å². The van der Waals surface area contributed by atoms with Crippen LogP contribution in [0.1, 0.15) is 18.4 Å². The monoisotopic (exact) mass is 352 g/mol. The summed E-state index contributed by atoms with van der Waals surface area (Å²) in [6, 6.07) is 5.82. The Morgan fingerprint density at radius 2 is 2.08 bits per heavy atom. The first-order valence-electron chi connectivity index (χ1n) is 7.38. The van der Waals surface area contributed by atoms with Gasteiger partial charge in [-0.25, -0.2) is 9.59 Å². The number of methoxy groups -OCH3 is 1. The molecule has 1 aromatic carbocycles. The first-order chi connectivity index (χ1) is 11.4. The van der Waals surface area contributed by atoms with E-state index in [2.05, 4.69) is 9.13 Å². The number of likely N-dealkylation sites (tertiary alicyclic amines) is 1. The van der Waals surface area contributed by atoms with Crippen molar-refractivity contribution in [2.45, 2.75) is 23.8 Å². The number of ether oxygens (including phenoxy) is 2. The van der Waals surface area contributed by atoms with Crippen LogP contribution in [0.15, 0.2) is 33.6 Å². The van der Waals surface area contributed by atoms with Crippen molar-refractivity contribution in [1.29, 1.82) is 0 Å². The molecule has 3 rings (SSSR count). The van der Waals surface area contributed by atoms with Gasteiger partial charge >= 0.3 is 11.9 Å². The number of hydrogen-bond acceptors (Lipinski definition) is 7. The third-order valence-corrected chi connectivity index (χ3v) is 5.29. The summed E-state index contributed by atoms with van der Waals surface area (Å²) in [5.41, 5.74) is 0.477. The van der Waals surface area contributed by atoms with E-state index in [0.717, 1.165) is 0 Å². The molecule has 1 fully saturated rings. The Kier molecular flexibility index (Phi) is 4.27. The van der Waals surface area contributed by atoms with Gasteiger partial charge in [0.2, 0.25) is 0 Å². The molecule has 1 aromatic rings. The summed E-state index contributed by atoms with van der Waals surface area (Å²) in [6.07, 6.45) is 1.19. The van der Waals surface area contributed by atoms with Crippen LogP contribution in [-0.4, -0.2) is 57.4 Å². The lowest BCUT2D eigenvalue weighted by Gasteiger charge is -2.24. The predicted octanol–water partition coefficient (Wildman–Crippen LogP) is 0.316. The van der Waals surface area contributed by atoms with Gasteiger partial charge in [-0.15, -0.1) is 4.40 Å². The smallest absolute Gasteiger partial charge is 0.344 e. The van der Waals surface area contributed by atoms with Gasteiger partial charge in [0.1, 0.15) is 10.9 Å². The minimum absolute atomic E-state index is 0.133. The van der Waals surface area contributed by atoms with Crippen molar-refractivity contribution >= 4 is 27.8 Å². The first-order valence-corrected chi connectivity index (χ1v) is 8.82. The van der Waals surface area contributed by atoms with Gasteiger partial charge in [-0.1, -0.05) is 12.1 Å². The van der Waals surface area contributed by atoms with E-state index in [1.165, 1.54) is 13.2 Å².